The predicted molar refractivity (Wildman–Crippen MR) is 160 cm³/mol. The number of halogens is 2. The Morgan fingerprint density at radius 2 is 1.45 bits per heavy atom. The van der Waals surface area contributed by atoms with Gasteiger partial charge in [-0.25, -0.2) is 9.18 Å². The molecule has 0 saturated carbocycles. The number of rotatable bonds is 18. The number of carbonyl (C=O) groups excluding carboxylic acids is 1. The largest absolute Gasteiger partial charge is 1.00 e. The Labute approximate surface area is 254 Å². The highest BCUT2D eigenvalue weighted by Crippen LogP contribution is 2.28. The van der Waals surface area contributed by atoms with Gasteiger partial charge in [-0.2, -0.15) is 4.57 Å². The topological polar surface area (TPSA) is 54.2 Å². The molecule has 1 aromatic heterocycles. The molecule has 0 radical (unpaired) electrons. The van der Waals surface area contributed by atoms with Gasteiger partial charge in [-0.15, -0.1) is 0 Å². The summed E-state index contributed by atoms with van der Waals surface area (Å²) < 4.78 is 22.5. The van der Waals surface area contributed by atoms with Crippen LogP contribution in [0.25, 0.3) is 0 Å². The lowest BCUT2D eigenvalue weighted by Crippen LogP contribution is -3.00. The normalized spacial score (nSPS) is 10.7. The quantitative estimate of drug-likeness (QED) is 0.128. The second-order valence-corrected chi connectivity index (χ2v) is 11.3. The number of anilines is 2. The van der Waals surface area contributed by atoms with Crippen molar-refractivity contribution in [2.24, 2.45) is 0 Å². The van der Waals surface area contributed by atoms with Crippen LogP contribution in [0.3, 0.4) is 0 Å². The molecule has 0 saturated heterocycles. The third-order valence-electron chi connectivity index (χ3n) is 6.80. The number of amides is 2. The van der Waals surface area contributed by atoms with Gasteiger partial charge in [0.2, 0.25) is 5.51 Å². The number of nitrogens with one attached hydrogen (secondary N) is 2. The predicted octanol–water partition coefficient (Wildman–Crippen LogP) is 6.26. The summed E-state index contributed by atoms with van der Waals surface area (Å²) in [7, 11) is 0. The van der Waals surface area contributed by atoms with Crippen molar-refractivity contribution >= 4 is 28.7 Å². The molecule has 3 aromatic rings. The molecule has 3 rings (SSSR count). The van der Waals surface area contributed by atoms with Crippen LogP contribution in [0.1, 0.15) is 94.4 Å². The Kier molecular flexibility index (Phi) is 16.5. The molecule has 2 amide bonds. The van der Waals surface area contributed by atoms with E-state index in [9.17, 15) is 9.18 Å². The van der Waals surface area contributed by atoms with Gasteiger partial charge >= 0.3 is 6.03 Å². The van der Waals surface area contributed by atoms with Gasteiger partial charge in [-0.3, -0.25) is 0 Å². The zero-order valence-corrected chi connectivity index (χ0v) is 26.4. The van der Waals surface area contributed by atoms with E-state index in [0.717, 1.165) is 18.4 Å². The van der Waals surface area contributed by atoms with E-state index in [-0.39, 0.29) is 22.7 Å². The first kappa shape index (κ1) is 33.8. The first-order valence-corrected chi connectivity index (χ1v) is 15.5. The number of unbranched alkanes of at least 4 members (excludes halogenated alkanes) is 11. The molecule has 0 unspecified atom stereocenters. The van der Waals surface area contributed by atoms with Crippen LogP contribution in [-0.4, -0.2) is 12.6 Å². The van der Waals surface area contributed by atoms with Gasteiger partial charge in [0.1, 0.15) is 0 Å². The summed E-state index contributed by atoms with van der Waals surface area (Å²) in [5.41, 5.74) is 4.07. The maximum absolute atomic E-state index is 14.6. The number of ether oxygens (including phenoxy) is 1. The number of hydrogen-bond donors (Lipinski definition) is 2. The van der Waals surface area contributed by atoms with Gasteiger partial charge in [0.15, 0.2) is 24.3 Å². The lowest BCUT2D eigenvalue weighted by atomic mass is 10.1. The molecule has 0 spiro atoms. The van der Waals surface area contributed by atoms with Gasteiger partial charge in [-0.05, 0) is 31.5 Å². The molecule has 5 nitrogen and oxygen atoms in total. The highest BCUT2D eigenvalue weighted by molar-refractivity contribution is 7.09. The lowest BCUT2D eigenvalue weighted by Gasteiger charge is -2.15. The molecule has 2 N–H and O–H groups in total. The average molecular weight is 635 g/mol. The fourth-order valence-corrected chi connectivity index (χ4v) is 5.29. The molecule has 0 fully saturated rings. The number of urea groups is 1. The first-order valence-electron chi connectivity index (χ1n) is 14.6. The SMILES string of the molecule is CCCCCCCCCCCCCCOc1c(F)cccc1NC(=O)Nc1ccccc1C[n+]1csc(C)c1.[Br-]. The fraction of sp³-hybridized carbons (Fsp3) is 0.500. The van der Waals surface area contributed by atoms with Gasteiger partial charge < -0.3 is 32.4 Å². The third kappa shape index (κ3) is 12.4. The van der Waals surface area contributed by atoms with Crippen molar-refractivity contribution in [2.45, 2.75) is 97.4 Å². The number of aryl methyl sites for hydroxylation is 1. The Morgan fingerprint density at radius 1 is 0.850 bits per heavy atom. The monoisotopic (exact) mass is 633 g/mol. The minimum absolute atomic E-state index is 0. The number of nitrogens with zero attached hydrogens (tertiary/aromatic N) is 1. The van der Waals surface area contributed by atoms with Crippen LogP contribution in [0.4, 0.5) is 20.6 Å². The molecular weight excluding hydrogens is 589 g/mol. The van der Waals surface area contributed by atoms with E-state index in [1.807, 2.05) is 24.3 Å². The smallest absolute Gasteiger partial charge is 0.323 e. The minimum atomic E-state index is -0.476. The van der Waals surface area contributed by atoms with Crippen LogP contribution >= 0.6 is 11.3 Å². The molecule has 0 aliphatic heterocycles. The zero-order chi connectivity index (χ0) is 27.7. The Morgan fingerprint density at radius 3 is 2.10 bits per heavy atom. The van der Waals surface area contributed by atoms with Crippen molar-refractivity contribution < 1.29 is 35.5 Å². The van der Waals surface area contributed by atoms with E-state index < -0.39 is 11.8 Å². The summed E-state index contributed by atoms with van der Waals surface area (Å²) in [4.78, 5) is 14.1. The Hall–Kier alpha value is -2.45. The van der Waals surface area contributed by atoms with Crippen LogP contribution in [0.15, 0.2) is 54.2 Å². The molecule has 8 heteroatoms. The summed E-state index contributed by atoms with van der Waals surface area (Å²) in [6, 6.07) is 11.8. The van der Waals surface area contributed by atoms with E-state index in [2.05, 4.69) is 40.8 Å². The van der Waals surface area contributed by atoms with Gasteiger partial charge in [0.25, 0.3) is 0 Å². The summed E-state index contributed by atoms with van der Waals surface area (Å²) in [5, 5.41) is 5.68. The first-order chi connectivity index (χ1) is 19.1. The summed E-state index contributed by atoms with van der Waals surface area (Å²) in [6.45, 7) is 5.39. The van der Waals surface area contributed by atoms with Crippen molar-refractivity contribution in [1.82, 2.24) is 0 Å². The molecule has 40 heavy (non-hydrogen) atoms. The van der Waals surface area contributed by atoms with Crippen LogP contribution in [-0.2, 0) is 6.54 Å². The van der Waals surface area contributed by atoms with E-state index >= 15 is 0 Å². The molecule has 0 aliphatic rings. The third-order valence-corrected chi connectivity index (χ3v) is 7.65. The molecule has 0 aliphatic carbocycles. The van der Waals surface area contributed by atoms with E-state index in [4.69, 9.17) is 4.74 Å². The van der Waals surface area contributed by atoms with E-state index in [0.29, 0.717) is 24.5 Å². The highest BCUT2D eigenvalue weighted by atomic mass is 79.9. The summed E-state index contributed by atoms with van der Waals surface area (Å²) in [5.74, 6) is -0.385. The summed E-state index contributed by atoms with van der Waals surface area (Å²) >= 11 is 1.68. The number of thiazole rings is 1. The van der Waals surface area contributed by atoms with Crippen LogP contribution in [0.2, 0.25) is 0 Å². The Bertz CT molecular complexity index is 1140. The van der Waals surface area contributed by atoms with Crippen molar-refractivity contribution in [3.8, 4) is 5.75 Å². The molecule has 0 bridgehead atoms. The second-order valence-electron chi connectivity index (χ2n) is 10.2. The highest BCUT2D eigenvalue weighted by Gasteiger charge is 2.15. The molecule has 2 aromatic carbocycles. The molecule has 1 heterocycles. The number of benzene rings is 2. The average Bonchev–Trinajstić information content (AvgIpc) is 3.33. The van der Waals surface area contributed by atoms with Gasteiger partial charge in [-0.1, -0.05) is 113 Å². The maximum atomic E-state index is 14.6. The van der Waals surface area contributed by atoms with E-state index in [1.54, 1.807) is 23.5 Å². The minimum Gasteiger partial charge on any atom is -1.00 e. The zero-order valence-electron chi connectivity index (χ0n) is 24.0. The number of para-hydroxylation sites is 2. The number of carbonyl (C=O) groups is 1. The number of aromatic nitrogens is 1. The van der Waals surface area contributed by atoms with Crippen LogP contribution < -0.4 is 36.9 Å². The molecular formula is C32H45BrFN3O2S. The number of hydrogen-bond acceptors (Lipinski definition) is 3. The van der Waals surface area contributed by atoms with Crippen LogP contribution in [0.5, 0.6) is 5.75 Å². The van der Waals surface area contributed by atoms with Crippen molar-refractivity contribution in [3.63, 3.8) is 0 Å². The molecule has 0 atom stereocenters. The fourth-order valence-electron chi connectivity index (χ4n) is 4.65. The van der Waals surface area contributed by atoms with Crippen molar-refractivity contribution in [2.75, 3.05) is 17.2 Å². The Balaban J connectivity index is 0.00000560. The van der Waals surface area contributed by atoms with Gasteiger partial charge in [0.05, 0.1) is 22.9 Å². The standard InChI is InChI=1S/C32H44FN3O2S.BrH/c1-3-4-5-6-7-8-9-10-11-12-13-16-22-38-31-28(33)19-17-21-30(31)35-32(37)34-29-20-15-14-18-27(29)24-36-23-26(2)39-25-36;/h14-15,17-21,23,25H,3-13,16,22,24H2,1-2H3,(H-,34,35,37);1H. The van der Waals surface area contributed by atoms with Crippen molar-refractivity contribution in [1.29, 1.82) is 0 Å². The van der Waals surface area contributed by atoms with E-state index in [1.165, 1.54) is 75.2 Å². The lowest BCUT2D eigenvalue weighted by molar-refractivity contribution is -0.683. The second kappa shape index (κ2) is 19.6. The summed E-state index contributed by atoms with van der Waals surface area (Å²) in [6.07, 6.45) is 17.2. The van der Waals surface area contributed by atoms with Gasteiger partial charge in [0, 0.05) is 5.56 Å². The van der Waals surface area contributed by atoms with Crippen molar-refractivity contribution in [3.05, 3.63) is 70.4 Å². The molecule has 220 valence electrons. The van der Waals surface area contributed by atoms with Crippen LogP contribution in [0, 0.1) is 12.7 Å². The maximum Gasteiger partial charge on any atom is 0.323 e.